The Kier molecular flexibility index (Phi) is 3.72. The third kappa shape index (κ3) is 2.91. The lowest BCUT2D eigenvalue weighted by Crippen LogP contribution is -2.13. The largest absolute Gasteiger partial charge is 0.286 e. The molecule has 1 rings (SSSR count). The normalized spacial score (nSPS) is 11.9. The second-order valence-corrected chi connectivity index (χ2v) is 4.66. The highest BCUT2D eigenvalue weighted by Gasteiger charge is 2.26. The van der Waals surface area contributed by atoms with Gasteiger partial charge in [0.2, 0.25) is 5.82 Å². The second-order valence-electron chi connectivity index (χ2n) is 3.08. The van der Waals surface area contributed by atoms with Crippen LogP contribution < -0.4 is 0 Å². The molecule has 1 aromatic carbocycles. The molecule has 96 valence electrons. The number of halogens is 5. The van der Waals surface area contributed by atoms with Gasteiger partial charge in [0.05, 0.1) is 5.75 Å². The van der Waals surface area contributed by atoms with Crippen molar-refractivity contribution in [1.29, 1.82) is 0 Å². The number of hydrogen-bond donors (Lipinski definition) is 1. The second kappa shape index (κ2) is 4.57. The topological polar surface area (TPSA) is 54.4 Å². The lowest BCUT2D eigenvalue weighted by atomic mass is 10.1. The standard InChI is InChI=1S/C8H5F5O3S/c9-4-3(1-2-17(14,15)16)5(10)7(12)8(13)6(4)11/h1-2H2,(H,14,15,16). The molecule has 0 atom stereocenters. The summed E-state index contributed by atoms with van der Waals surface area (Å²) in [5, 5.41) is 0. The highest BCUT2D eigenvalue weighted by atomic mass is 32.2. The van der Waals surface area contributed by atoms with E-state index in [1.54, 1.807) is 0 Å². The minimum atomic E-state index is -4.56. The van der Waals surface area contributed by atoms with E-state index >= 15 is 0 Å². The summed E-state index contributed by atoms with van der Waals surface area (Å²) in [4.78, 5) is 0. The molecule has 0 radical (unpaired) electrons. The van der Waals surface area contributed by atoms with Crippen molar-refractivity contribution < 1.29 is 34.9 Å². The van der Waals surface area contributed by atoms with Crippen LogP contribution in [0.4, 0.5) is 22.0 Å². The van der Waals surface area contributed by atoms with Crippen LogP contribution in [-0.2, 0) is 16.5 Å². The van der Waals surface area contributed by atoms with E-state index in [2.05, 4.69) is 0 Å². The van der Waals surface area contributed by atoms with Crippen molar-refractivity contribution in [2.75, 3.05) is 5.75 Å². The van der Waals surface area contributed by atoms with E-state index in [-0.39, 0.29) is 0 Å². The van der Waals surface area contributed by atoms with Crippen molar-refractivity contribution in [1.82, 2.24) is 0 Å². The van der Waals surface area contributed by atoms with E-state index in [0.29, 0.717) is 0 Å². The minimum Gasteiger partial charge on any atom is -0.286 e. The molecule has 0 amide bonds. The van der Waals surface area contributed by atoms with E-state index < -0.39 is 56.9 Å². The Balaban J connectivity index is 3.25. The lowest BCUT2D eigenvalue weighted by molar-refractivity contribution is 0.370. The van der Waals surface area contributed by atoms with Gasteiger partial charge in [-0.15, -0.1) is 0 Å². The monoisotopic (exact) mass is 276 g/mol. The fourth-order valence-corrected chi connectivity index (χ4v) is 1.56. The van der Waals surface area contributed by atoms with Crippen LogP contribution in [0.2, 0.25) is 0 Å². The Morgan fingerprint density at radius 2 is 1.18 bits per heavy atom. The van der Waals surface area contributed by atoms with Crippen molar-refractivity contribution in [3.8, 4) is 0 Å². The summed E-state index contributed by atoms with van der Waals surface area (Å²) in [7, 11) is -4.56. The fourth-order valence-electron chi connectivity index (χ4n) is 1.10. The number of rotatable bonds is 3. The molecule has 0 saturated heterocycles. The summed E-state index contributed by atoms with van der Waals surface area (Å²) in [6.07, 6.45) is -1.02. The molecule has 0 aliphatic heterocycles. The van der Waals surface area contributed by atoms with E-state index in [0.717, 1.165) is 0 Å². The van der Waals surface area contributed by atoms with Gasteiger partial charge in [-0.1, -0.05) is 0 Å². The quantitative estimate of drug-likeness (QED) is 0.396. The summed E-state index contributed by atoms with van der Waals surface area (Å²) >= 11 is 0. The molecule has 0 heterocycles. The van der Waals surface area contributed by atoms with Crippen molar-refractivity contribution in [3.05, 3.63) is 34.6 Å². The van der Waals surface area contributed by atoms with Crippen LogP contribution in [0.3, 0.4) is 0 Å². The zero-order valence-corrected chi connectivity index (χ0v) is 8.79. The molecule has 0 unspecified atom stereocenters. The van der Waals surface area contributed by atoms with Gasteiger partial charge >= 0.3 is 0 Å². The van der Waals surface area contributed by atoms with Crippen molar-refractivity contribution in [2.45, 2.75) is 6.42 Å². The Morgan fingerprint density at radius 1 is 0.824 bits per heavy atom. The molecule has 0 aliphatic carbocycles. The molecule has 1 aromatic rings. The highest BCUT2D eigenvalue weighted by Crippen LogP contribution is 2.23. The first-order chi connectivity index (χ1) is 7.65. The molecule has 0 aromatic heterocycles. The van der Waals surface area contributed by atoms with Crippen LogP contribution in [0.5, 0.6) is 0 Å². The van der Waals surface area contributed by atoms with E-state index in [9.17, 15) is 30.4 Å². The maximum absolute atomic E-state index is 13.0. The number of hydrogen-bond acceptors (Lipinski definition) is 2. The molecule has 0 fully saturated rings. The van der Waals surface area contributed by atoms with E-state index in [4.69, 9.17) is 4.55 Å². The molecule has 0 bridgehead atoms. The molecule has 3 nitrogen and oxygen atoms in total. The minimum absolute atomic E-state index is 1.02. The Labute approximate surface area is 92.6 Å². The zero-order valence-electron chi connectivity index (χ0n) is 7.98. The third-order valence-electron chi connectivity index (χ3n) is 1.91. The van der Waals surface area contributed by atoms with Gasteiger partial charge in [-0.05, 0) is 6.42 Å². The average Bonchev–Trinajstić information content (AvgIpc) is 2.22. The van der Waals surface area contributed by atoms with Gasteiger partial charge < -0.3 is 0 Å². The van der Waals surface area contributed by atoms with Gasteiger partial charge in [-0.25, -0.2) is 22.0 Å². The summed E-state index contributed by atoms with van der Waals surface area (Å²) in [5.74, 6) is -12.0. The molecule has 1 N–H and O–H groups in total. The number of benzene rings is 1. The highest BCUT2D eigenvalue weighted by molar-refractivity contribution is 7.85. The molecule has 17 heavy (non-hydrogen) atoms. The van der Waals surface area contributed by atoms with Crippen molar-refractivity contribution in [2.24, 2.45) is 0 Å². The molecular weight excluding hydrogens is 271 g/mol. The van der Waals surface area contributed by atoms with Crippen molar-refractivity contribution in [3.63, 3.8) is 0 Å². The van der Waals surface area contributed by atoms with Gasteiger partial charge in [0.25, 0.3) is 10.1 Å². The summed E-state index contributed by atoms with van der Waals surface area (Å²) < 4.78 is 92.8. The van der Waals surface area contributed by atoms with Gasteiger partial charge in [-0.3, -0.25) is 4.55 Å². The molecule has 0 aliphatic rings. The van der Waals surface area contributed by atoms with Gasteiger partial charge in [0.1, 0.15) is 0 Å². The van der Waals surface area contributed by atoms with Crippen LogP contribution in [0, 0.1) is 29.1 Å². The van der Waals surface area contributed by atoms with Crippen LogP contribution >= 0.6 is 0 Å². The molecule has 0 spiro atoms. The van der Waals surface area contributed by atoms with Gasteiger partial charge in [0.15, 0.2) is 23.3 Å². The van der Waals surface area contributed by atoms with Gasteiger partial charge in [0, 0.05) is 5.56 Å². The smallest absolute Gasteiger partial charge is 0.265 e. The first kappa shape index (κ1) is 13.8. The molecular formula is C8H5F5O3S. The van der Waals surface area contributed by atoms with E-state index in [1.165, 1.54) is 0 Å². The van der Waals surface area contributed by atoms with Gasteiger partial charge in [-0.2, -0.15) is 8.42 Å². The third-order valence-corrected chi connectivity index (χ3v) is 2.63. The summed E-state index contributed by atoms with van der Waals surface area (Å²) in [6, 6.07) is 0. The van der Waals surface area contributed by atoms with Crippen molar-refractivity contribution >= 4 is 10.1 Å². The lowest BCUT2D eigenvalue weighted by Gasteiger charge is -2.06. The predicted octanol–water partition coefficient (Wildman–Crippen LogP) is 1.81. The zero-order chi connectivity index (χ0) is 13.4. The van der Waals surface area contributed by atoms with Crippen LogP contribution in [0.1, 0.15) is 5.56 Å². The Morgan fingerprint density at radius 3 is 1.53 bits per heavy atom. The molecule has 9 heteroatoms. The first-order valence-electron chi connectivity index (χ1n) is 4.10. The fraction of sp³-hybridized carbons (Fsp3) is 0.250. The maximum atomic E-state index is 13.0. The molecule has 0 saturated carbocycles. The average molecular weight is 276 g/mol. The first-order valence-corrected chi connectivity index (χ1v) is 5.71. The SMILES string of the molecule is O=S(=O)(O)CCc1c(F)c(F)c(F)c(F)c1F. The van der Waals surface area contributed by atoms with Crippen LogP contribution in [-0.4, -0.2) is 18.7 Å². The maximum Gasteiger partial charge on any atom is 0.265 e. The van der Waals surface area contributed by atoms with E-state index in [1.807, 2.05) is 0 Å². The summed E-state index contributed by atoms with van der Waals surface area (Å²) in [5.41, 5.74) is -1.28. The summed E-state index contributed by atoms with van der Waals surface area (Å²) in [6.45, 7) is 0. The Bertz CT molecular complexity index is 526. The Hall–Kier alpha value is -1.22. The van der Waals surface area contributed by atoms with Crippen LogP contribution in [0.15, 0.2) is 0 Å². The predicted molar refractivity (Wildman–Crippen MR) is 46.4 cm³/mol. The van der Waals surface area contributed by atoms with Crippen LogP contribution in [0.25, 0.3) is 0 Å².